The molecule has 7 nitrogen and oxygen atoms in total. The van der Waals surface area contributed by atoms with E-state index in [1.165, 1.54) is 11.3 Å². The number of anilines is 2. The summed E-state index contributed by atoms with van der Waals surface area (Å²) in [5.74, 6) is -0.495. The molecule has 4 amide bonds. The van der Waals surface area contributed by atoms with Crippen LogP contribution in [0.4, 0.5) is 15.5 Å². The van der Waals surface area contributed by atoms with Crippen molar-refractivity contribution in [1.82, 2.24) is 10.2 Å². The lowest BCUT2D eigenvalue weighted by molar-refractivity contribution is -0.133. The highest BCUT2D eigenvalue weighted by molar-refractivity contribution is 7.16. The first kappa shape index (κ1) is 24.1. The summed E-state index contributed by atoms with van der Waals surface area (Å²) in [6.07, 6.45) is 0. The molecule has 9 heteroatoms. The van der Waals surface area contributed by atoms with Gasteiger partial charge in [0.15, 0.2) is 0 Å². The number of piperazine rings is 1. The van der Waals surface area contributed by atoms with Gasteiger partial charge in [0.2, 0.25) is 5.91 Å². The molecule has 1 aliphatic heterocycles. The molecule has 0 spiro atoms. The minimum atomic E-state index is -0.992. The Morgan fingerprint density at radius 1 is 1.22 bits per heavy atom. The van der Waals surface area contributed by atoms with Gasteiger partial charge in [0.25, 0.3) is 5.91 Å². The summed E-state index contributed by atoms with van der Waals surface area (Å²) in [6, 6.07) is 6.69. The maximum absolute atomic E-state index is 13.5. The fourth-order valence-corrected chi connectivity index (χ4v) is 4.69. The first-order valence-electron chi connectivity index (χ1n) is 10.4. The van der Waals surface area contributed by atoms with Crippen LogP contribution in [0.25, 0.3) is 0 Å². The van der Waals surface area contributed by atoms with Crippen LogP contribution in [0.15, 0.2) is 24.3 Å². The first-order chi connectivity index (χ1) is 14.8. The molecule has 1 fully saturated rings. The Morgan fingerprint density at radius 2 is 1.91 bits per heavy atom. The molecule has 1 saturated heterocycles. The van der Waals surface area contributed by atoms with Crippen LogP contribution in [0.3, 0.4) is 0 Å². The van der Waals surface area contributed by atoms with Crippen LogP contribution >= 0.6 is 22.9 Å². The number of hydrogen-bond donors (Lipinski definition) is 3. The minimum Gasteiger partial charge on any atom is -0.352 e. The van der Waals surface area contributed by atoms with Crippen LogP contribution in [-0.4, -0.2) is 41.4 Å². The van der Waals surface area contributed by atoms with Gasteiger partial charge >= 0.3 is 6.03 Å². The number of carbonyl (C=O) groups is 3. The van der Waals surface area contributed by atoms with Crippen molar-refractivity contribution in [2.75, 3.05) is 23.7 Å². The number of aryl methyl sites for hydroxylation is 1. The second-order valence-corrected chi connectivity index (χ2v) is 10.8. The summed E-state index contributed by atoms with van der Waals surface area (Å²) < 4.78 is 0. The summed E-state index contributed by atoms with van der Waals surface area (Å²) in [7, 11) is 0. The predicted molar refractivity (Wildman–Crippen MR) is 130 cm³/mol. The van der Waals surface area contributed by atoms with Crippen molar-refractivity contribution in [2.45, 2.75) is 52.5 Å². The second-order valence-electron chi connectivity index (χ2n) is 9.39. The van der Waals surface area contributed by atoms with Crippen LogP contribution < -0.4 is 16.0 Å². The number of rotatable bonds is 3. The van der Waals surface area contributed by atoms with Gasteiger partial charge in [0, 0.05) is 18.0 Å². The van der Waals surface area contributed by atoms with Crippen LogP contribution in [0.1, 0.15) is 55.4 Å². The van der Waals surface area contributed by atoms with E-state index in [1.807, 2.05) is 39.8 Å². The molecule has 0 unspecified atom stereocenters. The van der Waals surface area contributed by atoms with Crippen LogP contribution in [0, 0.1) is 6.92 Å². The monoisotopic (exact) mass is 476 g/mol. The topological polar surface area (TPSA) is 90.5 Å². The third kappa shape index (κ3) is 4.76. The van der Waals surface area contributed by atoms with Gasteiger partial charge < -0.3 is 15.5 Å². The largest absolute Gasteiger partial charge is 0.352 e. The second kappa shape index (κ2) is 8.75. The predicted octanol–water partition coefficient (Wildman–Crippen LogP) is 5.00. The minimum absolute atomic E-state index is 0.204. The van der Waals surface area contributed by atoms with E-state index in [0.717, 1.165) is 10.4 Å². The van der Waals surface area contributed by atoms with Crippen LogP contribution in [0.5, 0.6) is 0 Å². The molecule has 1 aliphatic rings. The summed E-state index contributed by atoms with van der Waals surface area (Å²) in [6.45, 7) is 12.2. The van der Waals surface area contributed by atoms with Crippen molar-refractivity contribution in [3.63, 3.8) is 0 Å². The van der Waals surface area contributed by atoms with E-state index in [1.54, 1.807) is 30.9 Å². The van der Waals surface area contributed by atoms with Gasteiger partial charge in [0.1, 0.15) is 10.5 Å². The maximum Gasteiger partial charge on any atom is 0.324 e. The van der Waals surface area contributed by atoms with Crippen molar-refractivity contribution in [3.8, 4) is 0 Å². The summed E-state index contributed by atoms with van der Waals surface area (Å²) >= 11 is 7.65. The van der Waals surface area contributed by atoms with Crippen molar-refractivity contribution < 1.29 is 14.4 Å². The molecule has 2 aromatic rings. The fraction of sp³-hybridized carbons (Fsp3) is 0.435. The Bertz CT molecular complexity index is 1070. The average Bonchev–Trinajstić information content (AvgIpc) is 3.11. The Balaban J connectivity index is 1.92. The molecule has 0 aliphatic carbocycles. The highest BCUT2D eigenvalue weighted by atomic mass is 35.5. The van der Waals surface area contributed by atoms with Crippen molar-refractivity contribution in [3.05, 3.63) is 45.3 Å². The van der Waals surface area contributed by atoms with Gasteiger partial charge in [0.05, 0.1) is 16.3 Å². The number of nitrogens with one attached hydrogen (secondary N) is 3. The zero-order chi connectivity index (χ0) is 23.8. The van der Waals surface area contributed by atoms with E-state index in [4.69, 9.17) is 11.6 Å². The smallest absolute Gasteiger partial charge is 0.324 e. The van der Waals surface area contributed by atoms with Gasteiger partial charge in [-0.3, -0.25) is 14.9 Å². The van der Waals surface area contributed by atoms with Gasteiger partial charge in [-0.2, -0.15) is 0 Å². The number of urea groups is 1. The highest BCUT2D eigenvalue weighted by Gasteiger charge is 2.42. The van der Waals surface area contributed by atoms with Gasteiger partial charge in [-0.25, -0.2) is 4.79 Å². The average molecular weight is 477 g/mol. The molecule has 0 bridgehead atoms. The molecule has 0 atom stereocenters. The van der Waals surface area contributed by atoms with Crippen molar-refractivity contribution >= 4 is 51.5 Å². The van der Waals surface area contributed by atoms with Crippen LogP contribution in [0.2, 0.25) is 5.02 Å². The lowest BCUT2D eigenvalue weighted by Gasteiger charge is -2.41. The van der Waals surface area contributed by atoms with Crippen LogP contribution in [-0.2, 0) is 10.2 Å². The fourth-order valence-electron chi connectivity index (χ4n) is 3.41. The molecule has 0 radical (unpaired) electrons. The summed E-state index contributed by atoms with van der Waals surface area (Å²) in [5, 5.41) is 9.26. The third-order valence-electron chi connectivity index (χ3n) is 5.47. The Kier molecular flexibility index (Phi) is 6.58. The van der Waals surface area contributed by atoms with E-state index in [-0.39, 0.29) is 17.2 Å². The summed E-state index contributed by atoms with van der Waals surface area (Å²) in [4.78, 5) is 41.2. The SMILES string of the molecule is Cc1cccc(NC(=O)Nc2sc(C(C)(C)C)cc2C(=O)N2CCNC(=O)C2(C)C)c1Cl. The van der Waals surface area contributed by atoms with E-state index < -0.39 is 11.6 Å². The lowest BCUT2D eigenvalue weighted by atomic mass is 9.93. The number of carbonyl (C=O) groups excluding carboxylic acids is 3. The Labute approximate surface area is 197 Å². The number of hydrogen-bond acceptors (Lipinski definition) is 4. The van der Waals surface area contributed by atoms with E-state index in [2.05, 4.69) is 16.0 Å². The van der Waals surface area contributed by atoms with Crippen molar-refractivity contribution in [2.24, 2.45) is 0 Å². The number of nitrogens with zero attached hydrogens (tertiary/aromatic N) is 1. The molecular formula is C23H29ClN4O3S. The molecule has 32 heavy (non-hydrogen) atoms. The first-order valence-corrected chi connectivity index (χ1v) is 11.6. The standard InChI is InChI=1S/C23H29ClN4O3S/c1-13-8-7-9-15(17(13)24)26-21(31)27-18-14(12-16(32-18)22(2,3)4)19(29)28-11-10-25-20(30)23(28,5)6/h7-9,12H,10-11H2,1-6H3,(H,25,30)(H2,26,27,31). The number of halogens is 1. The molecule has 3 N–H and O–H groups in total. The van der Waals surface area contributed by atoms with Gasteiger partial charge in [-0.05, 0) is 43.9 Å². The quantitative estimate of drug-likeness (QED) is 0.582. The maximum atomic E-state index is 13.5. The Hall–Kier alpha value is -2.58. The van der Waals surface area contributed by atoms with Gasteiger partial charge in [-0.15, -0.1) is 11.3 Å². The molecule has 1 aromatic heterocycles. The lowest BCUT2D eigenvalue weighted by Crippen LogP contribution is -2.63. The van der Waals surface area contributed by atoms with Gasteiger partial charge in [-0.1, -0.05) is 44.5 Å². The van der Waals surface area contributed by atoms with Crippen molar-refractivity contribution in [1.29, 1.82) is 0 Å². The molecule has 1 aromatic carbocycles. The number of amides is 4. The zero-order valence-corrected chi connectivity index (χ0v) is 20.8. The normalized spacial score (nSPS) is 15.8. The molecule has 3 rings (SSSR count). The molecule has 2 heterocycles. The number of thiophene rings is 1. The highest BCUT2D eigenvalue weighted by Crippen LogP contribution is 2.38. The molecule has 0 saturated carbocycles. The molecule has 172 valence electrons. The van der Waals surface area contributed by atoms with E-state index in [9.17, 15) is 14.4 Å². The zero-order valence-electron chi connectivity index (χ0n) is 19.2. The Morgan fingerprint density at radius 3 is 2.56 bits per heavy atom. The van der Waals surface area contributed by atoms with E-state index in [0.29, 0.717) is 34.4 Å². The third-order valence-corrected chi connectivity index (χ3v) is 7.44. The van der Waals surface area contributed by atoms with E-state index >= 15 is 0 Å². The summed E-state index contributed by atoms with van der Waals surface area (Å²) in [5.41, 5.74) is 0.488. The molecular weight excluding hydrogens is 448 g/mol. The number of benzene rings is 1.